The molecule has 0 unspecified atom stereocenters. The number of esters is 1. The van der Waals surface area contributed by atoms with Crippen molar-refractivity contribution in [3.63, 3.8) is 0 Å². The minimum Gasteiger partial charge on any atom is -0.453 e. The van der Waals surface area contributed by atoms with Gasteiger partial charge in [0, 0.05) is 12.0 Å². The van der Waals surface area contributed by atoms with E-state index in [9.17, 15) is 9.59 Å². The molecule has 4 aliphatic carbocycles. The lowest BCUT2D eigenvalue weighted by molar-refractivity contribution is -0.156. The third-order valence-corrected chi connectivity index (χ3v) is 7.03. The average Bonchev–Trinajstić information content (AvgIpc) is 3.04. The molecule has 4 nitrogen and oxygen atoms in total. The summed E-state index contributed by atoms with van der Waals surface area (Å²) in [6, 6.07) is 2.02. The van der Waals surface area contributed by atoms with Crippen LogP contribution in [0.15, 0.2) is 16.8 Å². The molecule has 4 bridgehead atoms. The number of carbonyl (C=O) groups is 2. The number of amides is 1. The van der Waals surface area contributed by atoms with Gasteiger partial charge in [-0.05, 0) is 92.0 Å². The van der Waals surface area contributed by atoms with Crippen molar-refractivity contribution < 1.29 is 14.3 Å². The van der Waals surface area contributed by atoms with Crippen LogP contribution < -0.4 is 5.32 Å². The summed E-state index contributed by atoms with van der Waals surface area (Å²) in [7, 11) is 0. The first-order valence-corrected chi connectivity index (χ1v) is 10.5. The molecule has 1 aromatic heterocycles. The molecule has 0 spiro atoms. The normalized spacial score (nSPS) is 33.9. The number of ether oxygens (including phenoxy) is 1. The van der Waals surface area contributed by atoms with Crippen LogP contribution in [0.2, 0.25) is 0 Å². The maximum Gasteiger partial charge on any atom is 0.306 e. The van der Waals surface area contributed by atoms with Crippen molar-refractivity contribution in [1.82, 2.24) is 5.32 Å². The first-order chi connectivity index (χ1) is 12.0. The average molecular weight is 362 g/mol. The molecule has 0 saturated heterocycles. The first-order valence-electron chi connectivity index (χ1n) is 9.54. The fourth-order valence-electron chi connectivity index (χ4n) is 5.62. The SMILES string of the molecule is C[C@H](OC(=O)CCc1ccsc1)C(=O)NC12CC3CC(CC(C3)C1)C2. The Morgan fingerprint density at radius 1 is 1.24 bits per heavy atom. The molecule has 5 heteroatoms. The Bertz CT molecular complexity index is 604. The number of hydrogen-bond acceptors (Lipinski definition) is 4. The van der Waals surface area contributed by atoms with E-state index in [-0.39, 0.29) is 17.4 Å². The molecule has 4 saturated carbocycles. The molecule has 1 N–H and O–H groups in total. The highest BCUT2D eigenvalue weighted by molar-refractivity contribution is 7.07. The number of hydrogen-bond donors (Lipinski definition) is 1. The molecular formula is C20H27NO3S. The van der Waals surface area contributed by atoms with E-state index in [1.165, 1.54) is 19.3 Å². The van der Waals surface area contributed by atoms with E-state index in [0.717, 1.165) is 42.6 Å². The van der Waals surface area contributed by atoms with Crippen LogP contribution in [0.1, 0.15) is 57.4 Å². The molecule has 4 aliphatic rings. The highest BCUT2D eigenvalue weighted by atomic mass is 32.1. The van der Waals surface area contributed by atoms with E-state index >= 15 is 0 Å². The van der Waals surface area contributed by atoms with E-state index in [2.05, 4.69) is 5.32 Å². The van der Waals surface area contributed by atoms with E-state index in [1.807, 2.05) is 16.8 Å². The van der Waals surface area contributed by atoms with Crippen LogP contribution in [-0.2, 0) is 20.7 Å². The smallest absolute Gasteiger partial charge is 0.306 e. The molecule has 0 aliphatic heterocycles. The first kappa shape index (κ1) is 17.1. The monoisotopic (exact) mass is 361 g/mol. The van der Waals surface area contributed by atoms with Gasteiger partial charge in [0.25, 0.3) is 5.91 Å². The summed E-state index contributed by atoms with van der Waals surface area (Å²) < 4.78 is 5.38. The minimum atomic E-state index is -0.706. The Kier molecular flexibility index (Phi) is 4.61. The zero-order valence-electron chi connectivity index (χ0n) is 14.8. The molecule has 25 heavy (non-hydrogen) atoms. The summed E-state index contributed by atoms with van der Waals surface area (Å²) in [5, 5.41) is 7.33. The van der Waals surface area contributed by atoms with Gasteiger partial charge in [0.15, 0.2) is 6.10 Å². The Morgan fingerprint density at radius 3 is 2.44 bits per heavy atom. The maximum absolute atomic E-state index is 12.6. The number of carbonyl (C=O) groups excluding carboxylic acids is 2. The molecule has 1 atom stereocenters. The molecular weight excluding hydrogens is 334 g/mol. The lowest BCUT2D eigenvalue weighted by Gasteiger charge is -2.57. The quantitative estimate of drug-likeness (QED) is 0.786. The van der Waals surface area contributed by atoms with Crippen LogP contribution in [0.25, 0.3) is 0 Å². The topological polar surface area (TPSA) is 55.4 Å². The summed E-state index contributed by atoms with van der Waals surface area (Å²) in [4.78, 5) is 24.6. The number of thiophene rings is 1. The van der Waals surface area contributed by atoms with Gasteiger partial charge in [0.1, 0.15) is 0 Å². The van der Waals surface area contributed by atoms with E-state index < -0.39 is 6.10 Å². The summed E-state index contributed by atoms with van der Waals surface area (Å²) in [5.74, 6) is 1.95. The van der Waals surface area contributed by atoms with Crippen molar-refractivity contribution in [2.24, 2.45) is 17.8 Å². The molecule has 0 radical (unpaired) electrons. The Balaban J connectivity index is 1.28. The van der Waals surface area contributed by atoms with Crippen LogP contribution in [0.5, 0.6) is 0 Å². The lowest BCUT2D eigenvalue weighted by atomic mass is 9.53. The van der Waals surface area contributed by atoms with Gasteiger partial charge in [-0.2, -0.15) is 11.3 Å². The minimum absolute atomic E-state index is 0.0246. The van der Waals surface area contributed by atoms with Crippen LogP contribution in [0, 0.1) is 17.8 Å². The van der Waals surface area contributed by atoms with Gasteiger partial charge in [-0.3, -0.25) is 9.59 Å². The van der Waals surface area contributed by atoms with Gasteiger partial charge in [-0.15, -0.1) is 0 Å². The summed E-state index contributed by atoms with van der Waals surface area (Å²) >= 11 is 1.62. The number of aryl methyl sites for hydroxylation is 1. The predicted octanol–water partition coefficient (Wildman–Crippen LogP) is 3.70. The maximum atomic E-state index is 12.6. The second-order valence-corrected chi connectivity index (χ2v) is 9.23. The zero-order chi connectivity index (χ0) is 17.4. The van der Waals surface area contributed by atoms with Crippen molar-refractivity contribution in [2.75, 3.05) is 0 Å². The van der Waals surface area contributed by atoms with Gasteiger partial charge in [-0.25, -0.2) is 0 Å². The number of rotatable bonds is 6. The van der Waals surface area contributed by atoms with Crippen molar-refractivity contribution in [2.45, 2.75) is 69.9 Å². The van der Waals surface area contributed by atoms with Gasteiger partial charge in [0.2, 0.25) is 0 Å². The summed E-state index contributed by atoms with van der Waals surface area (Å²) in [6.45, 7) is 1.69. The van der Waals surface area contributed by atoms with Crippen molar-refractivity contribution in [3.8, 4) is 0 Å². The van der Waals surface area contributed by atoms with Crippen molar-refractivity contribution >= 4 is 23.2 Å². The standard InChI is InChI=1S/C20H27NO3S/c1-13(24-18(22)3-2-14-4-5-25-12-14)19(23)21-20-9-15-6-16(10-20)8-17(7-15)11-20/h4-5,12-13,15-17H,2-3,6-11H2,1H3,(H,21,23)/t13-,15?,16?,17?,20?/m0/s1. The lowest BCUT2D eigenvalue weighted by Crippen LogP contribution is -2.61. The second-order valence-electron chi connectivity index (χ2n) is 8.45. The molecule has 1 amide bonds. The molecule has 1 heterocycles. The Hall–Kier alpha value is -1.36. The fourth-order valence-corrected chi connectivity index (χ4v) is 6.32. The van der Waals surface area contributed by atoms with Gasteiger partial charge >= 0.3 is 5.97 Å². The van der Waals surface area contributed by atoms with Gasteiger partial charge < -0.3 is 10.1 Å². The zero-order valence-corrected chi connectivity index (χ0v) is 15.6. The third kappa shape index (κ3) is 3.76. The van der Waals surface area contributed by atoms with E-state index in [4.69, 9.17) is 4.74 Å². The third-order valence-electron chi connectivity index (χ3n) is 6.30. The van der Waals surface area contributed by atoms with E-state index in [0.29, 0.717) is 12.8 Å². The summed E-state index contributed by atoms with van der Waals surface area (Å²) in [6.07, 6.45) is 7.68. The van der Waals surface area contributed by atoms with Crippen LogP contribution in [-0.4, -0.2) is 23.5 Å². The fraction of sp³-hybridized carbons (Fsp3) is 0.700. The van der Waals surface area contributed by atoms with Crippen molar-refractivity contribution in [3.05, 3.63) is 22.4 Å². The second kappa shape index (κ2) is 6.75. The molecule has 4 fully saturated rings. The van der Waals surface area contributed by atoms with E-state index in [1.54, 1.807) is 18.3 Å². The predicted molar refractivity (Wildman–Crippen MR) is 97.2 cm³/mol. The van der Waals surface area contributed by atoms with Gasteiger partial charge in [0.05, 0.1) is 0 Å². The Morgan fingerprint density at radius 2 is 1.88 bits per heavy atom. The Labute approximate surface area is 153 Å². The molecule has 0 aromatic carbocycles. The highest BCUT2D eigenvalue weighted by Gasteiger charge is 2.51. The largest absolute Gasteiger partial charge is 0.453 e. The molecule has 136 valence electrons. The number of nitrogens with one attached hydrogen (secondary N) is 1. The molecule has 5 rings (SSSR count). The summed E-state index contributed by atoms with van der Waals surface area (Å²) in [5.41, 5.74) is 1.12. The van der Waals surface area contributed by atoms with Crippen LogP contribution >= 0.6 is 11.3 Å². The highest BCUT2D eigenvalue weighted by Crippen LogP contribution is 2.55. The van der Waals surface area contributed by atoms with Gasteiger partial charge in [-0.1, -0.05) is 0 Å². The van der Waals surface area contributed by atoms with Crippen molar-refractivity contribution in [1.29, 1.82) is 0 Å². The van der Waals surface area contributed by atoms with Crippen LogP contribution in [0.4, 0.5) is 0 Å². The van der Waals surface area contributed by atoms with Crippen LogP contribution in [0.3, 0.4) is 0 Å². The molecule has 1 aromatic rings.